The van der Waals surface area contributed by atoms with Crippen molar-refractivity contribution in [3.05, 3.63) is 47.2 Å². The van der Waals surface area contributed by atoms with Crippen molar-refractivity contribution in [3.8, 4) is 6.07 Å². The van der Waals surface area contributed by atoms with E-state index in [4.69, 9.17) is 16.8 Å². The zero-order chi connectivity index (χ0) is 16.3. The summed E-state index contributed by atoms with van der Waals surface area (Å²) in [4.78, 5) is 4.69. The maximum Gasteiger partial charge on any atom is 0.178 e. The lowest BCUT2D eigenvalue weighted by Gasteiger charge is -2.39. The van der Waals surface area contributed by atoms with Crippen LogP contribution in [0.2, 0.25) is 0 Å². The van der Waals surface area contributed by atoms with E-state index in [0.29, 0.717) is 18.0 Å². The van der Waals surface area contributed by atoms with Crippen molar-refractivity contribution in [2.75, 3.05) is 12.3 Å². The molecule has 0 radical (unpaired) electrons. The normalized spacial score (nSPS) is 25.2. The van der Waals surface area contributed by atoms with Gasteiger partial charge in [-0.25, -0.2) is 0 Å². The van der Waals surface area contributed by atoms with Crippen LogP contribution in [0.3, 0.4) is 0 Å². The molecule has 2 aliphatic heterocycles. The first-order valence-corrected chi connectivity index (χ1v) is 12.1. The van der Waals surface area contributed by atoms with Gasteiger partial charge in [0.2, 0.25) is 0 Å². The molecule has 2 aliphatic rings. The number of rotatable bonds is 4. The van der Waals surface area contributed by atoms with Gasteiger partial charge in [0.1, 0.15) is 17.5 Å². The van der Waals surface area contributed by atoms with Crippen LogP contribution in [-0.2, 0) is 18.4 Å². The highest BCUT2D eigenvalue weighted by Crippen LogP contribution is 2.63. The monoisotopic (exact) mass is 362 g/mol. The molecule has 120 valence electrons. The molecule has 0 spiro atoms. The Labute approximate surface area is 146 Å². The Kier molecular flexibility index (Phi) is 5.11. The first-order chi connectivity index (χ1) is 11.2. The van der Waals surface area contributed by atoms with Gasteiger partial charge in [-0.1, -0.05) is 48.6 Å². The summed E-state index contributed by atoms with van der Waals surface area (Å²) in [6.45, 7) is 3.64. The fourth-order valence-corrected chi connectivity index (χ4v) is 9.11. The summed E-state index contributed by atoms with van der Waals surface area (Å²) >= 11 is 7.75. The van der Waals surface area contributed by atoms with Gasteiger partial charge in [-0.05, 0) is 36.0 Å². The van der Waals surface area contributed by atoms with E-state index in [9.17, 15) is 5.26 Å². The van der Waals surface area contributed by atoms with Crippen LogP contribution in [0, 0.1) is 11.3 Å². The number of nitrogens with zero attached hydrogens (tertiary/aromatic N) is 3. The SMILES string of the molecule is CCSP1(=S)NC(=NCc2ccccc2)C(C#N)=C2CCCN21. The predicted molar refractivity (Wildman–Crippen MR) is 102 cm³/mol. The number of amidine groups is 1. The van der Waals surface area contributed by atoms with Crippen LogP contribution in [0.1, 0.15) is 25.3 Å². The Hall–Kier alpha value is -1.28. The molecule has 23 heavy (non-hydrogen) atoms. The smallest absolute Gasteiger partial charge is 0.178 e. The minimum Gasteiger partial charge on any atom is -0.323 e. The van der Waals surface area contributed by atoms with Crippen molar-refractivity contribution in [2.45, 2.75) is 26.3 Å². The Morgan fingerprint density at radius 2 is 2.22 bits per heavy atom. The quantitative estimate of drug-likeness (QED) is 0.819. The van der Waals surface area contributed by atoms with Gasteiger partial charge in [-0.2, -0.15) is 5.26 Å². The van der Waals surface area contributed by atoms with Crippen LogP contribution in [-0.4, -0.2) is 22.8 Å². The summed E-state index contributed by atoms with van der Waals surface area (Å²) in [5.74, 6) is 1.65. The number of hydrogen-bond donors (Lipinski definition) is 1. The van der Waals surface area contributed by atoms with E-state index in [0.717, 1.165) is 36.4 Å². The number of hydrogen-bond acceptors (Lipinski definition) is 4. The van der Waals surface area contributed by atoms with Gasteiger partial charge in [0.05, 0.1) is 6.54 Å². The van der Waals surface area contributed by atoms with Crippen LogP contribution in [0.4, 0.5) is 0 Å². The maximum absolute atomic E-state index is 9.62. The van der Waals surface area contributed by atoms with Crippen LogP contribution in [0.15, 0.2) is 46.6 Å². The minimum atomic E-state index is -1.95. The molecule has 1 N–H and O–H groups in total. The average Bonchev–Trinajstić information content (AvgIpc) is 3.05. The van der Waals surface area contributed by atoms with Gasteiger partial charge in [0.25, 0.3) is 0 Å². The molecule has 1 fully saturated rings. The van der Waals surface area contributed by atoms with Crippen molar-refractivity contribution in [1.29, 1.82) is 5.26 Å². The summed E-state index contributed by atoms with van der Waals surface area (Å²) in [5.41, 5.74) is 0.958. The van der Waals surface area contributed by atoms with Crippen LogP contribution < -0.4 is 5.09 Å². The van der Waals surface area contributed by atoms with Crippen LogP contribution >= 0.6 is 16.9 Å². The zero-order valence-corrected chi connectivity index (χ0v) is 15.6. The highest BCUT2D eigenvalue weighted by molar-refractivity contribution is 8.69. The van der Waals surface area contributed by atoms with E-state index in [1.807, 2.05) is 30.3 Å². The standard InChI is InChI=1S/C16H19N4PS2/c1-2-23-21(22)19-16(18-12-13-7-4-3-5-8-13)14(11-17)15-9-6-10-20(15)21/h3-5,7-8H,2,6,9-10,12H2,1H3,(H,18,19,22). The van der Waals surface area contributed by atoms with Crippen LogP contribution in [0.25, 0.3) is 0 Å². The maximum atomic E-state index is 9.62. The fourth-order valence-electron chi connectivity index (χ4n) is 2.85. The Bertz CT molecular complexity index is 736. The number of benzene rings is 1. The van der Waals surface area contributed by atoms with Crippen molar-refractivity contribution < 1.29 is 0 Å². The van der Waals surface area contributed by atoms with Crippen molar-refractivity contribution in [1.82, 2.24) is 9.76 Å². The summed E-state index contributed by atoms with van der Waals surface area (Å²) in [5, 5.41) is 13.1. The van der Waals surface area contributed by atoms with E-state index < -0.39 is 5.54 Å². The lowest BCUT2D eigenvalue weighted by molar-refractivity contribution is 0.632. The second-order valence-electron chi connectivity index (χ2n) is 5.36. The Morgan fingerprint density at radius 1 is 1.43 bits per heavy atom. The number of aliphatic imine (C=N–C) groups is 1. The summed E-state index contributed by atoms with van der Waals surface area (Å²) < 4.78 is 2.27. The van der Waals surface area contributed by atoms with E-state index in [1.165, 1.54) is 0 Å². The summed E-state index contributed by atoms with van der Waals surface area (Å²) in [6.07, 6.45) is 1.99. The molecule has 1 saturated heterocycles. The largest absolute Gasteiger partial charge is 0.323 e. The number of nitriles is 1. The summed E-state index contributed by atoms with van der Waals surface area (Å²) in [6, 6.07) is 12.4. The highest BCUT2D eigenvalue weighted by Gasteiger charge is 2.39. The van der Waals surface area contributed by atoms with Gasteiger partial charge < -0.3 is 9.76 Å². The van der Waals surface area contributed by atoms with E-state index in [-0.39, 0.29) is 0 Å². The number of allylic oxidation sites excluding steroid dienone is 1. The molecule has 1 atom stereocenters. The van der Waals surface area contributed by atoms with Gasteiger partial charge in [-0.3, -0.25) is 4.99 Å². The first kappa shape index (κ1) is 16.6. The Morgan fingerprint density at radius 3 is 2.91 bits per heavy atom. The first-order valence-electron chi connectivity index (χ1n) is 7.71. The lowest BCUT2D eigenvalue weighted by Crippen LogP contribution is -2.35. The molecular formula is C16H19N4PS2. The summed E-state index contributed by atoms with van der Waals surface area (Å²) in [7, 11) is 0. The molecule has 4 nitrogen and oxygen atoms in total. The molecule has 0 amide bonds. The van der Waals surface area contributed by atoms with Gasteiger partial charge in [0.15, 0.2) is 5.54 Å². The molecule has 1 aromatic rings. The molecule has 1 aromatic carbocycles. The minimum absolute atomic E-state index is 0.563. The molecule has 0 aliphatic carbocycles. The topological polar surface area (TPSA) is 51.4 Å². The average molecular weight is 362 g/mol. The predicted octanol–water partition coefficient (Wildman–Crippen LogP) is 4.04. The molecule has 3 rings (SSSR count). The molecule has 0 bridgehead atoms. The highest BCUT2D eigenvalue weighted by atomic mass is 32.9. The third-order valence-electron chi connectivity index (χ3n) is 3.86. The molecule has 0 saturated carbocycles. The van der Waals surface area contributed by atoms with Gasteiger partial charge in [-0.15, -0.1) is 0 Å². The molecule has 2 heterocycles. The third-order valence-corrected chi connectivity index (χ3v) is 10.5. The number of nitrogens with one attached hydrogen (secondary N) is 1. The van der Waals surface area contributed by atoms with Gasteiger partial charge >= 0.3 is 0 Å². The zero-order valence-electron chi connectivity index (χ0n) is 13.0. The third kappa shape index (κ3) is 3.33. The number of fused-ring (bicyclic) bond motifs is 1. The molecule has 7 heteroatoms. The Balaban J connectivity index is 1.97. The van der Waals surface area contributed by atoms with Crippen molar-refractivity contribution in [2.24, 2.45) is 4.99 Å². The molecule has 1 unspecified atom stereocenters. The molecular weight excluding hydrogens is 343 g/mol. The van der Waals surface area contributed by atoms with Crippen LogP contribution in [0.5, 0.6) is 0 Å². The molecule has 0 aromatic heterocycles. The van der Waals surface area contributed by atoms with E-state index in [1.54, 1.807) is 11.4 Å². The second-order valence-corrected chi connectivity index (χ2v) is 12.6. The van der Waals surface area contributed by atoms with Crippen molar-refractivity contribution >= 4 is 34.6 Å². The van der Waals surface area contributed by atoms with E-state index in [2.05, 4.69) is 22.8 Å². The van der Waals surface area contributed by atoms with Gasteiger partial charge in [0, 0.05) is 12.2 Å². The fraction of sp³-hybridized carbons (Fsp3) is 0.375. The van der Waals surface area contributed by atoms with Crippen molar-refractivity contribution in [3.63, 3.8) is 0 Å². The second kappa shape index (κ2) is 7.09. The lowest BCUT2D eigenvalue weighted by atomic mass is 10.1. The van der Waals surface area contributed by atoms with E-state index >= 15 is 0 Å².